The summed E-state index contributed by atoms with van der Waals surface area (Å²) < 4.78 is 39.2. The van der Waals surface area contributed by atoms with Crippen molar-refractivity contribution >= 4 is 15.9 Å². The minimum absolute atomic E-state index is 0.0156. The highest BCUT2D eigenvalue weighted by atomic mass is 32.2. The molecule has 2 aliphatic rings. The van der Waals surface area contributed by atoms with E-state index in [4.69, 9.17) is 14.7 Å². The SMILES string of the molecule is COc1ccc(C(=O)N(CCC#N)C2CCOCC2)cc1S(=O)(=O)N1CCCCC1C. The number of benzene rings is 1. The smallest absolute Gasteiger partial charge is 0.254 e. The number of nitrogens with zero attached hydrogens (tertiary/aromatic N) is 3. The van der Waals surface area contributed by atoms with Crippen molar-refractivity contribution in [3.63, 3.8) is 0 Å². The number of carbonyl (C=O) groups is 1. The summed E-state index contributed by atoms with van der Waals surface area (Å²) in [6.07, 6.45) is 4.24. The largest absolute Gasteiger partial charge is 0.495 e. The maximum Gasteiger partial charge on any atom is 0.254 e. The van der Waals surface area contributed by atoms with E-state index in [9.17, 15) is 13.2 Å². The van der Waals surface area contributed by atoms with E-state index in [1.165, 1.54) is 17.5 Å². The van der Waals surface area contributed by atoms with Gasteiger partial charge in [-0.05, 0) is 50.8 Å². The standard InChI is InChI=1S/C22H31N3O5S/c1-17-6-3-4-13-25(17)31(27,28)21-16-18(7-8-20(21)29-2)22(26)24(12-5-11-23)19-9-14-30-15-10-19/h7-8,16-17,19H,3-6,9-10,12-15H2,1-2H3. The molecule has 0 radical (unpaired) electrons. The molecule has 2 fully saturated rings. The van der Waals surface area contributed by atoms with Gasteiger partial charge >= 0.3 is 0 Å². The fourth-order valence-corrected chi connectivity index (χ4v) is 6.23. The average Bonchev–Trinajstić information content (AvgIpc) is 2.79. The number of rotatable bonds is 7. The van der Waals surface area contributed by atoms with Gasteiger partial charge in [0.2, 0.25) is 10.0 Å². The van der Waals surface area contributed by atoms with Crippen LogP contribution >= 0.6 is 0 Å². The molecule has 2 saturated heterocycles. The molecule has 0 aliphatic carbocycles. The third kappa shape index (κ3) is 5.20. The monoisotopic (exact) mass is 449 g/mol. The molecule has 9 heteroatoms. The van der Waals surface area contributed by atoms with E-state index in [1.807, 2.05) is 6.92 Å². The Morgan fingerprint density at radius 2 is 2.03 bits per heavy atom. The number of hydrogen-bond donors (Lipinski definition) is 0. The van der Waals surface area contributed by atoms with E-state index in [-0.39, 0.29) is 40.6 Å². The summed E-state index contributed by atoms with van der Waals surface area (Å²) in [5.41, 5.74) is 0.286. The van der Waals surface area contributed by atoms with Crippen LogP contribution in [-0.4, -0.2) is 69.0 Å². The molecule has 1 aromatic rings. The summed E-state index contributed by atoms with van der Waals surface area (Å²) in [5, 5.41) is 9.04. The van der Waals surface area contributed by atoms with Gasteiger partial charge in [0.25, 0.3) is 5.91 Å². The van der Waals surface area contributed by atoms with Crippen molar-refractivity contribution in [2.45, 2.75) is 62.4 Å². The summed E-state index contributed by atoms with van der Waals surface area (Å²) in [6.45, 7) is 3.80. The molecule has 0 spiro atoms. The predicted molar refractivity (Wildman–Crippen MR) is 115 cm³/mol. The Balaban J connectivity index is 1.96. The normalized spacial score (nSPS) is 20.7. The summed E-state index contributed by atoms with van der Waals surface area (Å²) in [7, 11) is -2.38. The summed E-state index contributed by atoms with van der Waals surface area (Å²) in [6, 6.07) is 6.53. The van der Waals surface area contributed by atoms with Crippen LogP contribution in [0.1, 0.15) is 55.8 Å². The number of methoxy groups -OCH3 is 1. The first-order valence-corrected chi connectivity index (χ1v) is 12.3. The van der Waals surface area contributed by atoms with Crippen LogP contribution < -0.4 is 4.74 Å². The topological polar surface area (TPSA) is 99.9 Å². The van der Waals surface area contributed by atoms with E-state index in [1.54, 1.807) is 17.0 Å². The van der Waals surface area contributed by atoms with E-state index in [0.717, 1.165) is 19.3 Å². The minimum atomic E-state index is -3.81. The van der Waals surface area contributed by atoms with Gasteiger partial charge in [-0.25, -0.2) is 8.42 Å². The Labute approximate surface area is 184 Å². The van der Waals surface area contributed by atoms with Crippen molar-refractivity contribution in [1.29, 1.82) is 5.26 Å². The molecule has 3 rings (SSSR count). The van der Waals surface area contributed by atoms with E-state index in [0.29, 0.717) is 39.1 Å². The summed E-state index contributed by atoms with van der Waals surface area (Å²) in [5.74, 6) is -0.0445. The highest BCUT2D eigenvalue weighted by Crippen LogP contribution is 2.32. The molecule has 31 heavy (non-hydrogen) atoms. The number of carbonyl (C=O) groups excluding carboxylic acids is 1. The zero-order valence-corrected chi connectivity index (χ0v) is 19.1. The van der Waals surface area contributed by atoms with Crippen LogP contribution in [0.2, 0.25) is 0 Å². The molecule has 170 valence electrons. The van der Waals surface area contributed by atoms with Crippen molar-refractivity contribution < 1.29 is 22.7 Å². The second-order valence-corrected chi connectivity index (χ2v) is 9.94. The molecule has 0 aromatic heterocycles. The number of amides is 1. The molecule has 1 unspecified atom stereocenters. The van der Waals surface area contributed by atoms with Gasteiger partial charge in [-0.3, -0.25) is 4.79 Å². The van der Waals surface area contributed by atoms with Crippen LogP contribution in [-0.2, 0) is 14.8 Å². The van der Waals surface area contributed by atoms with Crippen molar-refractivity contribution in [3.05, 3.63) is 23.8 Å². The zero-order chi connectivity index (χ0) is 22.4. The Hall–Kier alpha value is -2.15. The highest BCUT2D eigenvalue weighted by Gasteiger charge is 2.34. The molecule has 1 aromatic carbocycles. The summed E-state index contributed by atoms with van der Waals surface area (Å²) >= 11 is 0. The van der Waals surface area contributed by atoms with Gasteiger partial charge in [0, 0.05) is 44.0 Å². The van der Waals surface area contributed by atoms with Gasteiger partial charge in [-0.1, -0.05) is 6.42 Å². The fraction of sp³-hybridized carbons (Fsp3) is 0.636. The molecule has 1 atom stereocenters. The van der Waals surface area contributed by atoms with Gasteiger partial charge in [0.15, 0.2) is 0 Å². The van der Waals surface area contributed by atoms with E-state index < -0.39 is 10.0 Å². The van der Waals surface area contributed by atoms with Gasteiger partial charge in [0.05, 0.1) is 19.6 Å². The zero-order valence-electron chi connectivity index (χ0n) is 18.2. The number of hydrogen-bond acceptors (Lipinski definition) is 6. The molecular weight excluding hydrogens is 418 g/mol. The Morgan fingerprint density at radius 1 is 1.29 bits per heavy atom. The molecule has 0 bridgehead atoms. The quantitative estimate of drug-likeness (QED) is 0.635. The molecular formula is C22H31N3O5S. The molecule has 2 aliphatic heterocycles. The average molecular weight is 450 g/mol. The fourth-order valence-electron chi connectivity index (χ4n) is 4.35. The lowest BCUT2D eigenvalue weighted by molar-refractivity contribution is 0.0296. The molecule has 1 amide bonds. The number of ether oxygens (including phenoxy) is 2. The maximum absolute atomic E-state index is 13.5. The molecule has 8 nitrogen and oxygen atoms in total. The van der Waals surface area contributed by atoms with Crippen LogP contribution in [0.25, 0.3) is 0 Å². The van der Waals surface area contributed by atoms with Crippen molar-refractivity contribution in [2.24, 2.45) is 0 Å². The Kier molecular flexibility index (Phi) is 7.92. The van der Waals surface area contributed by atoms with Gasteiger partial charge in [-0.2, -0.15) is 9.57 Å². The Morgan fingerprint density at radius 3 is 2.68 bits per heavy atom. The van der Waals surface area contributed by atoms with Crippen LogP contribution in [0.5, 0.6) is 5.75 Å². The van der Waals surface area contributed by atoms with Crippen molar-refractivity contribution in [3.8, 4) is 11.8 Å². The molecule has 0 saturated carbocycles. The van der Waals surface area contributed by atoms with Crippen LogP contribution in [0, 0.1) is 11.3 Å². The number of nitriles is 1. The third-order valence-electron chi connectivity index (χ3n) is 6.10. The first kappa shape index (κ1) is 23.5. The third-order valence-corrected chi connectivity index (χ3v) is 8.13. The lowest BCUT2D eigenvalue weighted by Gasteiger charge is -2.34. The van der Waals surface area contributed by atoms with Crippen LogP contribution in [0.15, 0.2) is 23.1 Å². The number of sulfonamides is 1. The first-order chi connectivity index (χ1) is 14.9. The first-order valence-electron chi connectivity index (χ1n) is 10.9. The maximum atomic E-state index is 13.5. The van der Waals surface area contributed by atoms with Gasteiger partial charge < -0.3 is 14.4 Å². The van der Waals surface area contributed by atoms with E-state index in [2.05, 4.69) is 6.07 Å². The van der Waals surface area contributed by atoms with Crippen molar-refractivity contribution in [1.82, 2.24) is 9.21 Å². The van der Waals surface area contributed by atoms with Crippen molar-refractivity contribution in [2.75, 3.05) is 33.4 Å². The second kappa shape index (κ2) is 10.4. The second-order valence-electron chi connectivity index (χ2n) is 8.08. The van der Waals surface area contributed by atoms with E-state index >= 15 is 0 Å². The van der Waals surface area contributed by atoms with Crippen LogP contribution in [0.4, 0.5) is 0 Å². The molecule has 0 N–H and O–H groups in total. The Bertz CT molecular complexity index is 922. The lowest BCUT2D eigenvalue weighted by atomic mass is 10.0. The molecule has 2 heterocycles. The van der Waals surface area contributed by atoms with Gasteiger partial charge in [-0.15, -0.1) is 0 Å². The minimum Gasteiger partial charge on any atom is -0.495 e. The lowest BCUT2D eigenvalue weighted by Crippen LogP contribution is -2.44. The summed E-state index contributed by atoms with van der Waals surface area (Å²) in [4.78, 5) is 15.1. The van der Waals surface area contributed by atoms with Gasteiger partial charge in [0.1, 0.15) is 10.6 Å². The highest BCUT2D eigenvalue weighted by molar-refractivity contribution is 7.89. The number of piperidine rings is 1. The van der Waals surface area contributed by atoms with Crippen LogP contribution in [0.3, 0.4) is 0 Å². The predicted octanol–water partition coefficient (Wildman–Crippen LogP) is 2.79.